The molecular formula is C13H20ClNO4S2. The molecule has 0 aliphatic carbocycles. The van der Waals surface area contributed by atoms with Gasteiger partial charge >= 0.3 is 5.97 Å². The molecule has 0 bridgehead atoms. The maximum Gasteiger partial charge on any atom is 0.341 e. The maximum atomic E-state index is 12.0. The molecule has 0 atom stereocenters. The second-order valence-corrected chi connectivity index (χ2v) is 7.70. The summed E-state index contributed by atoms with van der Waals surface area (Å²) in [6.45, 7) is 3.90. The summed E-state index contributed by atoms with van der Waals surface area (Å²) in [4.78, 5) is 12.8. The number of rotatable bonds is 9. The number of nitrogens with one attached hydrogen (secondary N) is 1. The average molecular weight is 354 g/mol. The van der Waals surface area contributed by atoms with E-state index in [1.807, 2.05) is 6.92 Å². The van der Waals surface area contributed by atoms with E-state index < -0.39 is 16.0 Å². The van der Waals surface area contributed by atoms with Crippen molar-refractivity contribution in [3.05, 3.63) is 16.5 Å². The number of carbonyl (C=O) groups is 1. The third-order valence-electron chi connectivity index (χ3n) is 2.67. The second-order valence-electron chi connectivity index (χ2n) is 4.35. The first-order valence-electron chi connectivity index (χ1n) is 6.79. The molecule has 0 amide bonds. The van der Waals surface area contributed by atoms with Gasteiger partial charge in [-0.25, -0.2) is 13.2 Å². The van der Waals surface area contributed by atoms with Gasteiger partial charge in [-0.15, -0.1) is 22.9 Å². The first-order valence-corrected chi connectivity index (χ1v) is 9.80. The normalized spacial score (nSPS) is 11.4. The molecule has 1 aromatic rings. The zero-order valence-corrected chi connectivity index (χ0v) is 14.5. The minimum absolute atomic E-state index is 0.0126. The molecule has 120 valence electrons. The van der Waals surface area contributed by atoms with Crippen LogP contribution >= 0.6 is 22.9 Å². The highest BCUT2D eigenvalue weighted by Crippen LogP contribution is 2.30. The van der Waals surface area contributed by atoms with E-state index >= 15 is 0 Å². The summed E-state index contributed by atoms with van der Waals surface area (Å²) in [6, 6.07) is 1.68. The molecule has 0 saturated carbocycles. The standard InChI is InChI=1S/C13H20ClNO4S2/c1-3-10-9-11(13(16)19-4-2)12(20-10)15-21(17,18)8-6-5-7-14/h9,15H,3-8H2,1-2H3. The largest absolute Gasteiger partial charge is 0.462 e. The molecule has 0 unspecified atom stereocenters. The molecule has 1 rings (SSSR count). The Morgan fingerprint density at radius 3 is 2.67 bits per heavy atom. The van der Waals surface area contributed by atoms with Crippen molar-refractivity contribution in [1.82, 2.24) is 0 Å². The van der Waals surface area contributed by atoms with Crippen LogP contribution in [0.5, 0.6) is 0 Å². The lowest BCUT2D eigenvalue weighted by Gasteiger charge is -2.07. The molecule has 21 heavy (non-hydrogen) atoms. The number of hydrogen-bond donors (Lipinski definition) is 1. The zero-order chi connectivity index (χ0) is 15.9. The van der Waals surface area contributed by atoms with Crippen LogP contribution in [0.4, 0.5) is 5.00 Å². The van der Waals surface area contributed by atoms with Gasteiger partial charge in [0, 0.05) is 10.8 Å². The molecule has 0 radical (unpaired) electrons. The van der Waals surface area contributed by atoms with Crippen molar-refractivity contribution in [3.8, 4) is 0 Å². The van der Waals surface area contributed by atoms with Gasteiger partial charge in [-0.05, 0) is 32.3 Å². The molecule has 0 saturated heterocycles. The van der Waals surface area contributed by atoms with Crippen LogP contribution in [0.2, 0.25) is 0 Å². The van der Waals surface area contributed by atoms with Gasteiger partial charge in [-0.3, -0.25) is 4.72 Å². The van der Waals surface area contributed by atoms with Crippen molar-refractivity contribution >= 4 is 43.9 Å². The van der Waals surface area contributed by atoms with Gasteiger partial charge < -0.3 is 4.74 Å². The molecule has 1 aromatic heterocycles. The minimum Gasteiger partial charge on any atom is -0.462 e. The third-order valence-corrected chi connectivity index (χ3v) is 5.60. The number of esters is 1. The number of alkyl halides is 1. The Balaban J connectivity index is 2.90. The third kappa shape index (κ3) is 5.84. The SMILES string of the molecule is CCOC(=O)c1cc(CC)sc1NS(=O)(=O)CCCCCl. The highest BCUT2D eigenvalue weighted by atomic mass is 35.5. The van der Waals surface area contributed by atoms with E-state index in [4.69, 9.17) is 16.3 Å². The van der Waals surface area contributed by atoms with E-state index in [2.05, 4.69) is 4.72 Å². The average Bonchev–Trinajstić information content (AvgIpc) is 2.81. The molecule has 0 spiro atoms. The number of halogens is 1. The number of carbonyl (C=O) groups excluding carboxylic acids is 1. The number of hydrogen-bond acceptors (Lipinski definition) is 5. The number of sulfonamides is 1. The maximum absolute atomic E-state index is 12.0. The van der Waals surface area contributed by atoms with Crippen LogP contribution in [-0.2, 0) is 21.2 Å². The number of ether oxygens (including phenoxy) is 1. The van der Waals surface area contributed by atoms with Crippen molar-refractivity contribution in [2.75, 3.05) is 23.0 Å². The van der Waals surface area contributed by atoms with E-state index in [-0.39, 0.29) is 17.9 Å². The van der Waals surface area contributed by atoms with Crippen molar-refractivity contribution in [1.29, 1.82) is 0 Å². The van der Waals surface area contributed by atoms with Crippen LogP contribution in [0.3, 0.4) is 0 Å². The van der Waals surface area contributed by atoms with E-state index in [0.717, 1.165) is 11.3 Å². The van der Waals surface area contributed by atoms with Gasteiger partial charge in [0.25, 0.3) is 0 Å². The molecule has 0 fully saturated rings. The molecular weight excluding hydrogens is 334 g/mol. The Labute approximate surface area is 134 Å². The quantitative estimate of drug-likeness (QED) is 0.420. The van der Waals surface area contributed by atoms with Gasteiger partial charge in [0.2, 0.25) is 10.0 Å². The molecule has 8 heteroatoms. The fourth-order valence-electron chi connectivity index (χ4n) is 1.63. The van der Waals surface area contributed by atoms with Crippen molar-refractivity contribution < 1.29 is 17.9 Å². The Morgan fingerprint density at radius 1 is 1.38 bits per heavy atom. The number of aryl methyl sites for hydroxylation is 1. The lowest BCUT2D eigenvalue weighted by atomic mass is 10.2. The van der Waals surface area contributed by atoms with Gasteiger partial charge in [0.05, 0.1) is 17.9 Å². The summed E-state index contributed by atoms with van der Waals surface area (Å²) in [6.07, 6.45) is 1.85. The molecule has 0 aliphatic rings. The van der Waals surface area contributed by atoms with Crippen LogP contribution < -0.4 is 4.72 Å². The topological polar surface area (TPSA) is 72.5 Å². The monoisotopic (exact) mass is 353 g/mol. The first kappa shape index (κ1) is 18.3. The highest BCUT2D eigenvalue weighted by Gasteiger charge is 2.20. The van der Waals surface area contributed by atoms with Crippen LogP contribution in [0.15, 0.2) is 6.07 Å². The number of unbranched alkanes of at least 4 members (excludes halogenated alkanes) is 1. The lowest BCUT2D eigenvalue weighted by Crippen LogP contribution is -2.18. The Kier molecular flexibility index (Phi) is 7.48. The van der Waals surface area contributed by atoms with Crippen molar-refractivity contribution in [3.63, 3.8) is 0 Å². The van der Waals surface area contributed by atoms with Crippen LogP contribution in [0.1, 0.15) is 41.9 Å². The summed E-state index contributed by atoms with van der Waals surface area (Å²) < 4.78 is 31.5. The molecule has 0 aliphatic heterocycles. The van der Waals surface area contributed by atoms with E-state index in [1.54, 1.807) is 13.0 Å². The molecule has 5 nitrogen and oxygen atoms in total. The summed E-state index contributed by atoms with van der Waals surface area (Å²) in [5.74, 6) is -0.0869. The first-order chi connectivity index (χ1) is 9.93. The van der Waals surface area contributed by atoms with E-state index in [9.17, 15) is 13.2 Å². The van der Waals surface area contributed by atoms with Crippen molar-refractivity contribution in [2.24, 2.45) is 0 Å². The van der Waals surface area contributed by atoms with Crippen LogP contribution in [0, 0.1) is 0 Å². The predicted octanol–water partition coefficient (Wildman–Crippen LogP) is 3.25. The second kappa shape index (κ2) is 8.60. The molecule has 0 aromatic carbocycles. The number of anilines is 1. The van der Waals surface area contributed by atoms with Crippen LogP contribution in [-0.4, -0.2) is 32.6 Å². The minimum atomic E-state index is -3.48. The van der Waals surface area contributed by atoms with E-state index in [0.29, 0.717) is 23.7 Å². The highest BCUT2D eigenvalue weighted by molar-refractivity contribution is 7.92. The van der Waals surface area contributed by atoms with Gasteiger partial charge in [0.15, 0.2) is 0 Å². The Hall–Kier alpha value is -0.790. The fraction of sp³-hybridized carbons (Fsp3) is 0.615. The lowest BCUT2D eigenvalue weighted by molar-refractivity contribution is 0.0528. The fourth-order valence-corrected chi connectivity index (χ4v) is 4.28. The van der Waals surface area contributed by atoms with Crippen LogP contribution in [0.25, 0.3) is 0 Å². The van der Waals surface area contributed by atoms with Crippen molar-refractivity contribution in [2.45, 2.75) is 33.1 Å². The summed E-state index contributed by atoms with van der Waals surface area (Å²) in [5.41, 5.74) is 0.277. The Morgan fingerprint density at radius 2 is 2.10 bits per heavy atom. The van der Waals surface area contributed by atoms with Gasteiger partial charge in [0.1, 0.15) is 5.00 Å². The molecule has 1 N–H and O–H groups in total. The number of thiophene rings is 1. The van der Waals surface area contributed by atoms with E-state index in [1.165, 1.54) is 11.3 Å². The smallest absolute Gasteiger partial charge is 0.341 e. The summed E-state index contributed by atoms with van der Waals surface area (Å²) in [5, 5.41) is 0.330. The summed E-state index contributed by atoms with van der Waals surface area (Å²) in [7, 11) is -3.48. The molecule has 1 heterocycles. The van der Waals surface area contributed by atoms with Gasteiger partial charge in [-0.2, -0.15) is 0 Å². The Bertz CT molecular complexity index is 569. The van der Waals surface area contributed by atoms with Gasteiger partial charge in [-0.1, -0.05) is 6.92 Å². The zero-order valence-electron chi connectivity index (χ0n) is 12.1. The predicted molar refractivity (Wildman–Crippen MR) is 87.0 cm³/mol. The summed E-state index contributed by atoms with van der Waals surface area (Å²) >= 11 is 6.80.